The average Bonchev–Trinajstić information content (AvgIpc) is 3.43. The Morgan fingerprint density at radius 3 is 1.91 bits per heavy atom. The zero-order valence-electron chi connectivity index (χ0n) is 22.6. The number of hydrogen-bond donors (Lipinski definition) is 1. The van der Waals surface area contributed by atoms with Gasteiger partial charge in [-0.2, -0.15) is 26.3 Å². The first-order chi connectivity index (χ1) is 20.3. The van der Waals surface area contributed by atoms with Gasteiger partial charge in [-0.3, -0.25) is 9.59 Å². The fraction of sp³-hybridized carbons (Fsp3) is 0.500. The molecule has 2 aromatic carbocycles. The number of carbonyl (C=O) groups excluding carboxylic acids is 1. The SMILES string of the molecule is O=C(O)[C@H]1CC[C@H](C(=O)N2CCC(c3ccc(C(F)(C(F)(F)F)C(F)(F)F)cc3)(S(=O)(=O)c3cccc(C(F)F)c3)C2)CC1. The number of carboxylic acids is 1. The van der Waals surface area contributed by atoms with Crippen molar-refractivity contribution < 1.29 is 62.6 Å². The smallest absolute Gasteiger partial charge is 0.435 e. The molecule has 1 saturated heterocycles. The van der Waals surface area contributed by atoms with E-state index in [0.717, 1.165) is 23.1 Å². The third-order valence-corrected chi connectivity index (χ3v) is 11.0. The van der Waals surface area contributed by atoms with E-state index < -0.39 is 91.7 Å². The molecule has 1 aliphatic carbocycles. The van der Waals surface area contributed by atoms with Gasteiger partial charge in [0.05, 0.1) is 10.8 Å². The summed E-state index contributed by atoms with van der Waals surface area (Å²) in [5, 5.41) is 9.22. The number of sulfone groups is 1. The van der Waals surface area contributed by atoms with E-state index in [-0.39, 0.29) is 49.9 Å². The van der Waals surface area contributed by atoms with Gasteiger partial charge < -0.3 is 10.0 Å². The van der Waals surface area contributed by atoms with Gasteiger partial charge in [-0.1, -0.05) is 36.4 Å². The number of hydrogen-bond acceptors (Lipinski definition) is 4. The van der Waals surface area contributed by atoms with Crippen LogP contribution in [0.1, 0.15) is 55.2 Å². The molecule has 1 saturated carbocycles. The Bertz CT molecular complexity index is 1490. The minimum absolute atomic E-state index is 0.167. The molecule has 1 N–H and O–H groups in total. The molecule has 16 heteroatoms. The predicted octanol–water partition coefficient (Wildman–Crippen LogP) is 6.71. The molecule has 2 aliphatic rings. The van der Waals surface area contributed by atoms with Crippen molar-refractivity contribution in [3.8, 4) is 0 Å². The van der Waals surface area contributed by atoms with Gasteiger partial charge in [0.2, 0.25) is 5.91 Å². The highest BCUT2D eigenvalue weighted by molar-refractivity contribution is 7.92. The van der Waals surface area contributed by atoms with Crippen LogP contribution >= 0.6 is 0 Å². The van der Waals surface area contributed by atoms with Crippen LogP contribution in [0.3, 0.4) is 0 Å². The molecular weight excluding hydrogens is 633 g/mol. The first-order valence-corrected chi connectivity index (χ1v) is 14.8. The van der Waals surface area contributed by atoms with Crippen LogP contribution in [0.25, 0.3) is 0 Å². The van der Waals surface area contributed by atoms with E-state index in [0.29, 0.717) is 18.2 Å². The summed E-state index contributed by atoms with van der Waals surface area (Å²) in [6.45, 7) is -0.865. The van der Waals surface area contributed by atoms with E-state index in [4.69, 9.17) is 0 Å². The zero-order chi connectivity index (χ0) is 32.9. The lowest BCUT2D eigenvalue weighted by Crippen LogP contribution is -2.50. The molecule has 242 valence electrons. The molecule has 2 aromatic rings. The van der Waals surface area contributed by atoms with Crippen molar-refractivity contribution in [3.05, 3.63) is 65.2 Å². The van der Waals surface area contributed by atoms with Gasteiger partial charge >= 0.3 is 24.0 Å². The summed E-state index contributed by atoms with van der Waals surface area (Å²) >= 11 is 0. The number of aliphatic carboxylic acids is 1. The van der Waals surface area contributed by atoms with Crippen molar-refractivity contribution in [2.45, 2.75) is 66.2 Å². The van der Waals surface area contributed by atoms with E-state index in [1.54, 1.807) is 0 Å². The van der Waals surface area contributed by atoms with Crippen LogP contribution in [-0.2, 0) is 29.8 Å². The Balaban J connectivity index is 1.78. The van der Waals surface area contributed by atoms with Crippen LogP contribution in [-0.4, -0.2) is 55.7 Å². The normalized spacial score (nSPS) is 23.6. The van der Waals surface area contributed by atoms with Gasteiger partial charge in [0.25, 0.3) is 6.43 Å². The average molecular weight is 660 g/mol. The molecule has 0 bridgehead atoms. The minimum atomic E-state index is -6.41. The molecule has 1 atom stereocenters. The van der Waals surface area contributed by atoms with E-state index >= 15 is 0 Å². The van der Waals surface area contributed by atoms with E-state index in [2.05, 4.69) is 0 Å². The van der Waals surface area contributed by atoms with Gasteiger partial charge in [0.15, 0.2) is 9.84 Å². The quantitative estimate of drug-likeness (QED) is 0.334. The van der Waals surface area contributed by atoms with Crippen LogP contribution in [0, 0.1) is 11.8 Å². The molecule has 1 unspecified atom stereocenters. The van der Waals surface area contributed by atoms with Crippen molar-refractivity contribution in [1.82, 2.24) is 4.90 Å². The summed E-state index contributed by atoms with van der Waals surface area (Å²) in [5.74, 6) is -2.88. The van der Waals surface area contributed by atoms with Crippen molar-refractivity contribution in [2.24, 2.45) is 11.8 Å². The molecule has 0 radical (unpaired) electrons. The predicted molar refractivity (Wildman–Crippen MR) is 136 cm³/mol. The number of nitrogens with zero attached hydrogens (tertiary/aromatic N) is 1. The first kappa shape index (κ1) is 33.6. The second kappa shape index (κ2) is 11.6. The number of carbonyl (C=O) groups is 2. The highest BCUT2D eigenvalue weighted by Gasteiger charge is 2.73. The molecule has 1 aliphatic heterocycles. The molecule has 2 fully saturated rings. The molecule has 1 amide bonds. The zero-order valence-corrected chi connectivity index (χ0v) is 23.5. The van der Waals surface area contributed by atoms with Crippen molar-refractivity contribution in [3.63, 3.8) is 0 Å². The van der Waals surface area contributed by atoms with Gasteiger partial charge in [-0.25, -0.2) is 21.6 Å². The number of halogens is 9. The Morgan fingerprint density at radius 1 is 0.864 bits per heavy atom. The summed E-state index contributed by atoms with van der Waals surface area (Å²) < 4.78 is 148. The lowest BCUT2D eigenvalue weighted by Gasteiger charge is -2.33. The van der Waals surface area contributed by atoms with Crippen LogP contribution in [0.2, 0.25) is 0 Å². The van der Waals surface area contributed by atoms with Crippen LogP contribution in [0.5, 0.6) is 0 Å². The number of amides is 1. The number of benzene rings is 2. The van der Waals surface area contributed by atoms with Crippen molar-refractivity contribution in [2.75, 3.05) is 13.1 Å². The maximum Gasteiger partial charge on any atom is 0.435 e. The third-order valence-electron chi connectivity index (χ3n) is 8.49. The van der Waals surface area contributed by atoms with Gasteiger partial charge in [-0.15, -0.1) is 0 Å². The molecular formula is C28H26F9NO5S. The monoisotopic (exact) mass is 659 g/mol. The maximum atomic E-state index is 14.7. The fourth-order valence-electron chi connectivity index (χ4n) is 5.96. The number of rotatable bonds is 7. The molecule has 0 aromatic heterocycles. The second-order valence-corrected chi connectivity index (χ2v) is 13.3. The highest BCUT2D eigenvalue weighted by Crippen LogP contribution is 2.54. The number of carboxylic acid groups (broad SMARTS) is 1. The van der Waals surface area contributed by atoms with Gasteiger partial charge in [0.1, 0.15) is 4.75 Å². The van der Waals surface area contributed by atoms with Crippen LogP contribution < -0.4 is 0 Å². The Hall–Kier alpha value is -3.30. The summed E-state index contributed by atoms with van der Waals surface area (Å²) in [6, 6.07) is 5.21. The molecule has 1 heterocycles. The summed E-state index contributed by atoms with van der Waals surface area (Å²) in [4.78, 5) is 25.2. The second-order valence-electron chi connectivity index (χ2n) is 11.0. The highest BCUT2D eigenvalue weighted by atomic mass is 32.2. The Labute approximate surface area is 245 Å². The molecule has 44 heavy (non-hydrogen) atoms. The summed E-state index contributed by atoms with van der Waals surface area (Å²) in [6.07, 6.45) is -15.6. The maximum absolute atomic E-state index is 14.7. The molecule has 6 nitrogen and oxygen atoms in total. The lowest BCUT2D eigenvalue weighted by molar-refractivity contribution is -0.348. The van der Waals surface area contributed by atoms with Crippen LogP contribution in [0.15, 0.2) is 53.4 Å². The summed E-state index contributed by atoms with van der Waals surface area (Å²) in [5.41, 5.74) is -8.67. The third kappa shape index (κ3) is 5.65. The standard InChI is InChI=1S/C28H26F9NO5S/c29-22(30)18-2-1-3-21(14-18)44(42,43)25(12-13-38(15-25)23(39)16-4-6-17(7-5-16)24(40)41)19-8-10-20(11-9-19)26(31,27(32,33)34)28(35,36)37/h1-3,8-11,14,16-17,22H,4-7,12-13,15H2,(H,40,41)/t16-,17-,25?. The Morgan fingerprint density at radius 2 is 1.41 bits per heavy atom. The molecule has 0 spiro atoms. The summed E-state index contributed by atoms with van der Waals surface area (Å²) in [7, 11) is -4.77. The first-order valence-electron chi connectivity index (χ1n) is 13.3. The lowest BCUT2D eigenvalue weighted by atomic mass is 9.81. The largest absolute Gasteiger partial charge is 0.481 e. The minimum Gasteiger partial charge on any atom is -0.481 e. The van der Waals surface area contributed by atoms with E-state index in [1.807, 2.05) is 0 Å². The number of likely N-dealkylation sites (tertiary alicyclic amines) is 1. The fourth-order valence-corrected chi connectivity index (χ4v) is 8.09. The topological polar surface area (TPSA) is 91.8 Å². The Kier molecular flexibility index (Phi) is 8.83. The van der Waals surface area contributed by atoms with E-state index in [9.17, 15) is 62.6 Å². The van der Waals surface area contributed by atoms with Gasteiger partial charge in [-0.05, 0) is 49.8 Å². The van der Waals surface area contributed by atoms with Gasteiger partial charge in [0, 0.05) is 30.1 Å². The van der Waals surface area contributed by atoms with Crippen molar-refractivity contribution >= 4 is 21.7 Å². The van der Waals surface area contributed by atoms with Crippen molar-refractivity contribution in [1.29, 1.82) is 0 Å². The van der Waals surface area contributed by atoms with E-state index in [1.165, 1.54) is 0 Å². The number of alkyl halides is 9. The molecule has 4 rings (SSSR count). The van der Waals surface area contributed by atoms with Crippen LogP contribution in [0.4, 0.5) is 39.5 Å².